The van der Waals surface area contributed by atoms with Crippen LogP contribution < -0.4 is 4.31 Å². The first-order valence-electron chi connectivity index (χ1n) is 8.30. The minimum atomic E-state index is -3.63. The molecule has 1 aliphatic heterocycles. The lowest BCUT2D eigenvalue weighted by Gasteiger charge is -2.30. The Balaban J connectivity index is 1.65. The van der Waals surface area contributed by atoms with Crippen LogP contribution in [0.5, 0.6) is 0 Å². The van der Waals surface area contributed by atoms with Crippen LogP contribution in [0, 0.1) is 5.82 Å². The number of fused-ring (bicyclic) bond motifs is 1. The van der Waals surface area contributed by atoms with Gasteiger partial charge in [0.25, 0.3) is 11.8 Å². The number of nitrogens with zero attached hydrogens (tertiary/aromatic N) is 4. The van der Waals surface area contributed by atoms with E-state index in [4.69, 9.17) is 16.0 Å². The van der Waals surface area contributed by atoms with Gasteiger partial charge < -0.3 is 4.42 Å². The number of aromatic nitrogens is 3. The van der Waals surface area contributed by atoms with Crippen molar-refractivity contribution in [1.29, 1.82) is 0 Å². The average molecular weight is 445 g/mol. The molecule has 0 N–H and O–H groups in total. The first-order chi connectivity index (χ1) is 13.7. The lowest BCUT2D eigenvalue weighted by molar-refractivity contribution is 0.116. The maximum absolute atomic E-state index is 14.5. The van der Waals surface area contributed by atoms with E-state index in [0.717, 1.165) is 22.1 Å². The summed E-state index contributed by atoms with van der Waals surface area (Å²) in [6.07, 6.45) is -1.63. The Hall–Kier alpha value is -2.66. The number of alkyl halides is 2. The molecule has 0 radical (unpaired) electrons. The Labute approximate surface area is 168 Å². The molecule has 1 aliphatic rings. The lowest BCUT2D eigenvalue weighted by Crippen LogP contribution is -2.37. The van der Waals surface area contributed by atoms with Gasteiger partial charge in [-0.1, -0.05) is 11.6 Å². The second kappa shape index (κ2) is 7.30. The summed E-state index contributed by atoms with van der Waals surface area (Å²) in [5, 5.41) is 7.01. The zero-order valence-corrected chi connectivity index (χ0v) is 16.1. The minimum Gasteiger partial charge on any atom is -0.415 e. The van der Waals surface area contributed by atoms with E-state index in [2.05, 4.69) is 15.2 Å². The zero-order chi connectivity index (χ0) is 20.8. The standard InChI is InChI=1S/C17H12ClF3N4O3S/c18-10-1-2-14-9(5-10)3-4-29(26,27)25(14)8-11-6-13(19)12(7-22-11)16-23-24-17(28-16)15(20)21/h1-2,5-7,15H,3-4,8H2. The van der Waals surface area contributed by atoms with Gasteiger partial charge >= 0.3 is 6.43 Å². The molecule has 2 aromatic heterocycles. The maximum Gasteiger partial charge on any atom is 0.314 e. The van der Waals surface area contributed by atoms with E-state index in [-0.39, 0.29) is 23.6 Å². The predicted molar refractivity (Wildman–Crippen MR) is 97.6 cm³/mol. The smallest absolute Gasteiger partial charge is 0.314 e. The molecular formula is C17H12ClF3N4O3S. The van der Waals surface area contributed by atoms with Crippen LogP contribution >= 0.6 is 11.6 Å². The molecule has 1 aromatic carbocycles. The second-order valence-corrected chi connectivity index (χ2v) is 8.70. The molecule has 0 fully saturated rings. The molecule has 3 aromatic rings. The summed E-state index contributed by atoms with van der Waals surface area (Å²) < 4.78 is 70.6. The number of anilines is 1. The molecule has 7 nitrogen and oxygen atoms in total. The molecule has 0 spiro atoms. The fourth-order valence-electron chi connectivity index (χ4n) is 2.97. The number of rotatable bonds is 4. The number of sulfonamides is 1. The van der Waals surface area contributed by atoms with Gasteiger partial charge in [-0.15, -0.1) is 10.2 Å². The summed E-state index contributed by atoms with van der Waals surface area (Å²) in [7, 11) is -3.63. The van der Waals surface area contributed by atoms with Gasteiger partial charge in [0, 0.05) is 11.2 Å². The summed E-state index contributed by atoms with van der Waals surface area (Å²) >= 11 is 5.98. The highest BCUT2D eigenvalue weighted by molar-refractivity contribution is 7.92. The van der Waals surface area contributed by atoms with E-state index >= 15 is 0 Å². The van der Waals surface area contributed by atoms with E-state index in [1.807, 2.05) is 0 Å². The summed E-state index contributed by atoms with van der Waals surface area (Å²) in [4.78, 5) is 4.03. The Morgan fingerprint density at radius 3 is 2.72 bits per heavy atom. The van der Waals surface area contributed by atoms with Gasteiger partial charge in [0.1, 0.15) is 5.82 Å². The number of hydrogen-bond acceptors (Lipinski definition) is 6. The highest BCUT2D eigenvalue weighted by Crippen LogP contribution is 2.33. The largest absolute Gasteiger partial charge is 0.415 e. The van der Waals surface area contributed by atoms with Crippen molar-refractivity contribution in [3.63, 3.8) is 0 Å². The van der Waals surface area contributed by atoms with Crippen molar-refractivity contribution in [3.8, 4) is 11.5 Å². The molecule has 29 heavy (non-hydrogen) atoms. The van der Waals surface area contributed by atoms with Crippen LogP contribution in [0.2, 0.25) is 5.02 Å². The van der Waals surface area contributed by atoms with Crippen LogP contribution in [0.3, 0.4) is 0 Å². The molecule has 0 saturated heterocycles. The predicted octanol–water partition coefficient (Wildman–Crippen LogP) is 3.75. The van der Waals surface area contributed by atoms with Gasteiger partial charge in [0.05, 0.1) is 29.2 Å². The van der Waals surface area contributed by atoms with Gasteiger partial charge in [-0.05, 0) is 36.2 Å². The highest BCUT2D eigenvalue weighted by Gasteiger charge is 2.30. The normalized spacial score (nSPS) is 15.6. The summed E-state index contributed by atoms with van der Waals surface area (Å²) in [6.45, 7) is -0.208. The van der Waals surface area contributed by atoms with Crippen molar-refractivity contribution in [1.82, 2.24) is 15.2 Å². The number of aryl methyl sites for hydroxylation is 1. The molecule has 0 amide bonds. The number of hydrogen-bond donors (Lipinski definition) is 0. The van der Waals surface area contributed by atoms with Crippen molar-refractivity contribution in [2.45, 2.75) is 19.4 Å². The van der Waals surface area contributed by atoms with E-state index in [1.165, 1.54) is 0 Å². The quantitative estimate of drug-likeness (QED) is 0.608. The van der Waals surface area contributed by atoms with Gasteiger partial charge in [0.2, 0.25) is 10.0 Å². The third-order valence-electron chi connectivity index (χ3n) is 4.35. The molecule has 3 heterocycles. The topological polar surface area (TPSA) is 89.2 Å². The van der Waals surface area contributed by atoms with Crippen LogP contribution in [0.1, 0.15) is 23.6 Å². The number of pyridine rings is 1. The van der Waals surface area contributed by atoms with Crippen molar-refractivity contribution in [3.05, 3.63) is 58.5 Å². The summed E-state index contributed by atoms with van der Waals surface area (Å²) in [6, 6.07) is 5.85. The van der Waals surface area contributed by atoms with Gasteiger partial charge in [-0.25, -0.2) is 12.8 Å². The molecule has 0 bridgehead atoms. The van der Waals surface area contributed by atoms with Crippen molar-refractivity contribution < 1.29 is 26.0 Å². The van der Waals surface area contributed by atoms with Crippen LogP contribution in [-0.4, -0.2) is 29.4 Å². The molecule has 4 rings (SSSR count). The number of halogens is 4. The van der Waals surface area contributed by atoms with E-state index < -0.39 is 34.0 Å². The van der Waals surface area contributed by atoms with Crippen molar-refractivity contribution in [2.75, 3.05) is 10.1 Å². The van der Waals surface area contributed by atoms with Crippen LogP contribution in [-0.2, 0) is 23.0 Å². The van der Waals surface area contributed by atoms with Crippen molar-refractivity contribution in [2.24, 2.45) is 0 Å². The average Bonchev–Trinajstić information content (AvgIpc) is 3.14. The molecule has 0 atom stereocenters. The molecule has 0 unspecified atom stereocenters. The van der Waals surface area contributed by atoms with Gasteiger partial charge in [0.15, 0.2) is 0 Å². The van der Waals surface area contributed by atoms with Gasteiger partial charge in [-0.3, -0.25) is 9.29 Å². The number of benzene rings is 1. The van der Waals surface area contributed by atoms with Crippen LogP contribution in [0.4, 0.5) is 18.9 Å². The van der Waals surface area contributed by atoms with E-state index in [0.29, 0.717) is 17.1 Å². The molecule has 0 aliphatic carbocycles. The van der Waals surface area contributed by atoms with Gasteiger partial charge in [-0.2, -0.15) is 8.78 Å². The van der Waals surface area contributed by atoms with Crippen LogP contribution in [0.25, 0.3) is 11.5 Å². The fraction of sp³-hybridized carbons (Fsp3) is 0.235. The second-order valence-electron chi connectivity index (χ2n) is 6.25. The van der Waals surface area contributed by atoms with Crippen LogP contribution in [0.15, 0.2) is 34.9 Å². The monoisotopic (exact) mass is 444 g/mol. The molecular weight excluding hydrogens is 433 g/mol. The van der Waals surface area contributed by atoms with Crippen molar-refractivity contribution >= 4 is 27.3 Å². The highest BCUT2D eigenvalue weighted by atomic mass is 35.5. The lowest BCUT2D eigenvalue weighted by atomic mass is 10.1. The third-order valence-corrected chi connectivity index (χ3v) is 6.30. The third kappa shape index (κ3) is 3.79. The van der Waals surface area contributed by atoms with E-state index in [1.54, 1.807) is 18.2 Å². The minimum absolute atomic E-state index is 0.112. The Bertz CT molecular complexity index is 1190. The Kier molecular flexibility index (Phi) is 4.95. The Morgan fingerprint density at radius 1 is 1.24 bits per heavy atom. The first kappa shape index (κ1) is 19.6. The van der Waals surface area contributed by atoms with E-state index in [9.17, 15) is 21.6 Å². The summed E-state index contributed by atoms with van der Waals surface area (Å²) in [5.41, 5.74) is 1.06. The zero-order valence-electron chi connectivity index (χ0n) is 14.5. The maximum atomic E-state index is 14.5. The Morgan fingerprint density at radius 2 is 2.03 bits per heavy atom. The fourth-order valence-corrected chi connectivity index (χ4v) is 4.67. The first-order valence-corrected chi connectivity index (χ1v) is 10.3. The molecule has 12 heteroatoms. The molecule has 0 saturated carbocycles. The SMILES string of the molecule is O=S1(=O)CCc2cc(Cl)ccc2N1Cc1cc(F)c(-c2nnc(C(F)F)o2)cn1. The molecule has 152 valence electrons. The summed E-state index contributed by atoms with van der Waals surface area (Å²) in [5.74, 6) is -2.34.